The van der Waals surface area contributed by atoms with Gasteiger partial charge in [0, 0.05) is 12.1 Å². The number of carbonyl (C=O) groups is 1. The summed E-state index contributed by atoms with van der Waals surface area (Å²) in [5.74, 6) is -0.710. The molecule has 0 aliphatic carbocycles. The second-order valence-electron chi connectivity index (χ2n) is 2.89. The zero-order chi connectivity index (χ0) is 13.1. The maximum absolute atomic E-state index is 12.0. The van der Waals surface area contributed by atoms with Crippen molar-refractivity contribution in [2.24, 2.45) is 5.73 Å². The van der Waals surface area contributed by atoms with Crippen LogP contribution in [0.1, 0.15) is 15.9 Å². The molecule has 1 aromatic heterocycles. The minimum Gasteiger partial charge on any atom is -0.481 e. The quantitative estimate of drug-likeness (QED) is 0.814. The first-order valence-corrected chi connectivity index (χ1v) is 4.39. The van der Waals surface area contributed by atoms with Crippen molar-refractivity contribution in [3.05, 3.63) is 17.3 Å². The molecule has 2 N–H and O–H groups in total. The molecule has 0 radical (unpaired) electrons. The van der Waals surface area contributed by atoms with Crippen molar-refractivity contribution in [3.63, 3.8) is 0 Å². The number of nitrogens with zero attached hydrogens (tertiary/aromatic N) is 1. The lowest BCUT2D eigenvalue weighted by atomic mass is 10.1. The third-order valence-corrected chi connectivity index (χ3v) is 1.89. The maximum atomic E-state index is 12.0. The number of aldehydes is 1. The fourth-order valence-corrected chi connectivity index (χ4v) is 1.24. The number of hydrogen-bond donors (Lipinski definition) is 1. The third-order valence-electron chi connectivity index (χ3n) is 1.89. The molecule has 1 rings (SSSR count). The Morgan fingerprint density at radius 3 is 2.59 bits per heavy atom. The van der Waals surface area contributed by atoms with Gasteiger partial charge in [0.1, 0.15) is 0 Å². The van der Waals surface area contributed by atoms with Crippen LogP contribution in [0.25, 0.3) is 0 Å². The molecular formula is C9H9F3N2O3. The van der Waals surface area contributed by atoms with Crippen molar-refractivity contribution >= 4 is 6.29 Å². The number of carbonyl (C=O) groups excluding carboxylic acids is 1. The van der Waals surface area contributed by atoms with Gasteiger partial charge in [-0.25, -0.2) is 4.98 Å². The van der Waals surface area contributed by atoms with Crippen LogP contribution >= 0.6 is 0 Å². The van der Waals surface area contributed by atoms with E-state index in [0.29, 0.717) is 0 Å². The molecule has 94 valence electrons. The van der Waals surface area contributed by atoms with E-state index >= 15 is 0 Å². The van der Waals surface area contributed by atoms with Gasteiger partial charge in [0.05, 0.1) is 18.9 Å². The Balaban J connectivity index is 3.28. The first-order valence-electron chi connectivity index (χ1n) is 4.39. The summed E-state index contributed by atoms with van der Waals surface area (Å²) in [5.41, 5.74) is 5.06. The van der Waals surface area contributed by atoms with Gasteiger partial charge in [0.15, 0.2) is 12.0 Å². The van der Waals surface area contributed by atoms with Gasteiger partial charge in [0.2, 0.25) is 5.88 Å². The van der Waals surface area contributed by atoms with E-state index in [1.54, 1.807) is 0 Å². The van der Waals surface area contributed by atoms with Crippen LogP contribution in [0, 0.1) is 0 Å². The minimum absolute atomic E-state index is 0.0101. The first kappa shape index (κ1) is 13.2. The smallest absolute Gasteiger partial charge is 0.481 e. The van der Waals surface area contributed by atoms with E-state index in [0.717, 1.165) is 6.20 Å². The summed E-state index contributed by atoms with van der Waals surface area (Å²) in [7, 11) is 1.26. The SMILES string of the molecule is COc1ncc(OC(F)(F)F)c(C=O)c1CN. The van der Waals surface area contributed by atoms with Crippen LogP contribution in [-0.2, 0) is 6.54 Å². The molecule has 17 heavy (non-hydrogen) atoms. The predicted octanol–water partition coefficient (Wildman–Crippen LogP) is 1.26. The number of methoxy groups -OCH3 is 1. The van der Waals surface area contributed by atoms with Crippen LogP contribution < -0.4 is 15.2 Å². The summed E-state index contributed by atoms with van der Waals surface area (Å²) in [6.45, 7) is -0.195. The van der Waals surface area contributed by atoms with E-state index in [2.05, 4.69) is 9.72 Å². The Morgan fingerprint density at radius 2 is 2.18 bits per heavy atom. The van der Waals surface area contributed by atoms with Crippen molar-refractivity contribution in [2.45, 2.75) is 12.9 Å². The van der Waals surface area contributed by atoms with Gasteiger partial charge in [-0.1, -0.05) is 0 Å². The highest BCUT2D eigenvalue weighted by Gasteiger charge is 2.33. The molecule has 0 bridgehead atoms. The summed E-state index contributed by atoms with van der Waals surface area (Å²) in [5, 5.41) is 0. The number of rotatable bonds is 4. The van der Waals surface area contributed by atoms with Crippen LogP contribution in [0.2, 0.25) is 0 Å². The van der Waals surface area contributed by atoms with Gasteiger partial charge in [0.25, 0.3) is 0 Å². The molecular weight excluding hydrogens is 241 g/mol. The number of hydrogen-bond acceptors (Lipinski definition) is 5. The largest absolute Gasteiger partial charge is 0.573 e. The molecule has 0 aliphatic heterocycles. The molecule has 0 amide bonds. The van der Waals surface area contributed by atoms with E-state index in [1.807, 2.05) is 0 Å². The van der Waals surface area contributed by atoms with Crippen LogP contribution in [0.5, 0.6) is 11.6 Å². The van der Waals surface area contributed by atoms with E-state index in [1.165, 1.54) is 7.11 Å². The summed E-state index contributed by atoms with van der Waals surface area (Å²) in [6.07, 6.45) is -3.93. The lowest BCUT2D eigenvalue weighted by Gasteiger charge is -2.14. The van der Waals surface area contributed by atoms with Crippen LogP contribution in [0.15, 0.2) is 6.20 Å². The van der Waals surface area contributed by atoms with Crippen LogP contribution in [-0.4, -0.2) is 24.7 Å². The first-order chi connectivity index (χ1) is 7.92. The lowest BCUT2D eigenvalue weighted by Crippen LogP contribution is -2.19. The van der Waals surface area contributed by atoms with Gasteiger partial charge in [-0.3, -0.25) is 4.79 Å². The topological polar surface area (TPSA) is 74.4 Å². The molecule has 1 heterocycles. The van der Waals surface area contributed by atoms with Gasteiger partial charge >= 0.3 is 6.36 Å². The summed E-state index contributed by atoms with van der Waals surface area (Å²) in [6, 6.07) is 0. The van der Waals surface area contributed by atoms with E-state index in [9.17, 15) is 18.0 Å². The Labute approximate surface area is 94.3 Å². The highest BCUT2D eigenvalue weighted by Crippen LogP contribution is 2.30. The average molecular weight is 250 g/mol. The number of nitrogens with two attached hydrogens (primary N) is 1. The predicted molar refractivity (Wildman–Crippen MR) is 50.8 cm³/mol. The highest BCUT2D eigenvalue weighted by molar-refractivity contribution is 5.82. The molecule has 0 saturated heterocycles. The zero-order valence-electron chi connectivity index (χ0n) is 8.75. The normalized spacial score (nSPS) is 11.1. The van der Waals surface area contributed by atoms with Gasteiger partial charge < -0.3 is 15.2 Å². The van der Waals surface area contributed by atoms with E-state index in [-0.39, 0.29) is 29.8 Å². The van der Waals surface area contributed by atoms with Crippen molar-refractivity contribution < 1.29 is 27.4 Å². The van der Waals surface area contributed by atoms with E-state index in [4.69, 9.17) is 10.5 Å². The molecule has 5 nitrogen and oxygen atoms in total. The number of halogens is 3. The molecule has 0 atom stereocenters. The van der Waals surface area contributed by atoms with Gasteiger partial charge in [-0.2, -0.15) is 0 Å². The molecule has 0 fully saturated rings. The molecule has 0 unspecified atom stereocenters. The number of alkyl halides is 3. The number of pyridine rings is 1. The number of ether oxygens (including phenoxy) is 2. The molecule has 8 heteroatoms. The summed E-state index contributed by atoms with van der Waals surface area (Å²) in [4.78, 5) is 14.3. The van der Waals surface area contributed by atoms with E-state index < -0.39 is 12.1 Å². The van der Waals surface area contributed by atoms with Gasteiger partial charge in [-0.05, 0) is 0 Å². The lowest BCUT2D eigenvalue weighted by molar-refractivity contribution is -0.274. The Hall–Kier alpha value is -1.83. The maximum Gasteiger partial charge on any atom is 0.573 e. The second-order valence-corrected chi connectivity index (χ2v) is 2.89. The highest BCUT2D eigenvalue weighted by atomic mass is 19.4. The van der Waals surface area contributed by atoms with Crippen molar-refractivity contribution in [2.75, 3.05) is 7.11 Å². The third kappa shape index (κ3) is 3.06. The Morgan fingerprint density at radius 1 is 1.53 bits per heavy atom. The standard InChI is InChI=1S/C9H9F3N2O3/c1-16-8-5(2-13)6(4-15)7(3-14-8)17-9(10,11)12/h3-4H,2,13H2,1H3. The Kier molecular flexibility index (Phi) is 3.89. The molecule has 0 aliphatic rings. The van der Waals surface area contributed by atoms with Crippen molar-refractivity contribution in [1.82, 2.24) is 4.98 Å². The summed E-state index contributed by atoms with van der Waals surface area (Å²) < 4.78 is 44.6. The minimum atomic E-state index is -4.90. The van der Waals surface area contributed by atoms with Crippen molar-refractivity contribution in [3.8, 4) is 11.6 Å². The van der Waals surface area contributed by atoms with Crippen LogP contribution in [0.3, 0.4) is 0 Å². The Bertz CT molecular complexity index is 421. The monoisotopic (exact) mass is 250 g/mol. The number of aromatic nitrogens is 1. The second kappa shape index (κ2) is 5.00. The zero-order valence-corrected chi connectivity index (χ0v) is 8.75. The van der Waals surface area contributed by atoms with Crippen molar-refractivity contribution in [1.29, 1.82) is 0 Å². The fraction of sp³-hybridized carbons (Fsp3) is 0.333. The molecule has 1 aromatic rings. The average Bonchev–Trinajstić information content (AvgIpc) is 2.26. The molecule has 0 aromatic carbocycles. The van der Waals surface area contributed by atoms with Crippen LogP contribution in [0.4, 0.5) is 13.2 Å². The molecule has 0 saturated carbocycles. The summed E-state index contributed by atoms with van der Waals surface area (Å²) >= 11 is 0. The fourth-order valence-electron chi connectivity index (χ4n) is 1.24. The van der Waals surface area contributed by atoms with Gasteiger partial charge in [-0.15, -0.1) is 13.2 Å². The molecule has 0 spiro atoms.